The van der Waals surface area contributed by atoms with E-state index in [1.807, 2.05) is 19.3 Å². The van der Waals surface area contributed by atoms with Crippen molar-refractivity contribution in [2.75, 3.05) is 31.1 Å². The highest BCUT2D eigenvalue weighted by molar-refractivity contribution is 5.69. The lowest BCUT2D eigenvalue weighted by molar-refractivity contribution is 0.584. The third kappa shape index (κ3) is 2.73. The maximum absolute atomic E-state index is 4.64. The smallest absolute Gasteiger partial charge is 0.147 e. The van der Waals surface area contributed by atoms with Crippen molar-refractivity contribution in [3.05, 3.63) is 42.2 Å². The number of nitrogens with zero attached hydrogens (tertiary/aromatic N) is 5. The molecule has 0 bridgehead atoms. The topological polar surface area (TPSA) is 58.4 Å². The fourth-order valence-electron chi connectivity index (χ4n) is 3.25. The van der Waals surface area contributed by atoms with Gasteiger partial charge in [0.1, 0.15) is 5.82 Å². The first kappa shape index (κ1) is 15.1. The second-order valence-corrected chi connectivity index (χ2v) is 6.20. The van der Waals surface area contributed by atoms with Gasteiger partial charge in [0.2, 0.25) is 0 Å². The zero-order chi connectivity index (χ0) is 16.5. The molecular formula is C18H22N6. The Labute approximate surface area is 141 Å². The zero-order valence-electron chi connectivity index (χ0n) is 14.2. The van der Waals surface area contributed by atoms with Crippen LogP contribution in [-0.2, 0) is 6.42 Å². The lowest BCUT2D eigenvalue weighted by Crippen LogP contribution is -2.43. The minimum absolute atomic E-state index is 0.900. The Kier molecular flexibility index (Phi) is 3.90. The zero-order valence-corrected chi connectivity index (χ0v) is 14.2. The number of aromatic nitrogens is 4. The molecule has 1 aliphatic rings. The van der Waals surface area contributed by atoms with Crippen LogP contribution in [0, 0.1) is 6.92 Å². The molecule has 24 heavy (non-hydrogen) atoms. The van der Waals surface area contributed by atoms with Gasteiger partial charge in [-0.05, 0) is 19.4 Å². The van der Waals surface area contributed by atoms with Crippen LogP contribution in [0.4, 0.5) is 5.82 Å². The standard InChI is InChI=1S/C18H22N6/c1-3-15-17-8-14(12-24(17)11-13(2)22-15)16-9-21-18(10-20-16)23-6-4-19-5-7-23/h8-12,19H,3-7H2,1-2H3. The number of anilines is 1. The van der Waals surface area contributed by atoms with Crippen LogP contribution in [0.5, 0.6) is 0 Å². The van der Waals surface area contributed by atoms with Crippen molar-refractivity contribution in [1.29, 1.82) is 0 Å². The number of rotatable bonds is 3. The normalized spacial score (nSPS) is 15.2. The van der Waals surface area contributed by atoms with E-state index in [9.17, 15) is 0 Å². The van der Waals surface area contributed by atoms with Crippen LogP contribution in [-0.4, -0.2) is 45.5 Å². The molecule has 3 aromatic heterocycles. The molecule has 0 unspecified atom stereocenters. The Morgan fingerprint density at radius 1 is 1.12 bits per heavy atom. The fraction of sp³-hybridized carbons (Fsp3) is 0.389. The van der Waals surface area contributed by atoms with Crippen LogP contribution in [0.3, 0.4) is 0 Å². The molecule has 4 rings (SSSR count). The summed E-state index contributed by atoms with van der Waals surface area (Å²) < 4.78 is 2.14. The largest absolute Gasteiger partial charge is 0.353 e. The van der Waals surface area contributed by atoms with Crippen molar-refractivity contribution in [1.82, 2.24) is 24.7 Å². The van der Waals surface area contributed by atoms with Gasteiger partial charge in [0, 0.05) is 44.1 Å². The number of hydrogen-bond donors (Lipinski definition) is 1. The molecule has 0 radical (unpaired) electrons. The monoisotopic (exact) mass is 322 g/mol. The third-order valence-electron chi connectivity index (χ3n) is 4.49. The van der Waals surface area contributed by atoms with Crippen molar-refractivity contribution in [3.63, 3.8) is 0 Å². The van der Waals surface area contributed by atoms with Crippen LogP contribution >= 0.6 is 0 Å². The van der Waals surface area contributed by atoms with E-state index in [1.165, 1.54) is 0 Å². The molecule has 1 fully saturated rings. The predicted molar refractivity (Wildman–Crippen MR) is 95.4 cm³/mol. The number of aryl methyl sites for hydroxylation is 2. The first-order valence-electron chi connectivity index (χ1n) is 8.51. The summed E-state index contributed by atoms with van der Waals surface area (Å²) in [5.74, 6) is 0.954. The van der Waals surface area contributed by atoms with Crippen LogP contribution in [0.1, 0.15) is 18.3 Å². The molecular weight excluding hydrogens is 300 g/mol. The molecule has 0 amide bonds. The number of hydrogen-bond acceptors (Lipinski definition) is 5. The van der Waals surface area contributed by atoms with E-state index < -0.39 is 0 Å². The van der Waals surface area contributed by atoms with Gasteiger partial charge in [-0.25, -0.2) is 4.98 Å². The van der Waals surface area contributed by atoms with Gasteiger partial charge in [0.25, 0.3) is 0 Å². The average Bonchev–Trinajstić information content (AvgIpc) is 3.06. The van der Waals surface area contributed by atoms with E-state index in [0.717, 1.165) is 66.6 Å². The number of fused-ring (bicyclic) bond motifs is 1. The molecule has 0 saturated carbocycles. The number of piperazine rings is 1. The van der Waals surface area contributed by atoms with E-state index in [1.54, 1.807) is 0 Å². The van der Waals surface area contributed by atoms with Crippen LogP contribution in [0.15, 0.2) is 30.9 Å². The quantitative estimate of drug-likeness (QED) is 0.800. The SMILES string of the molecule is CCc1nc(C)cn2cc(-c3cnc(N4CCNCC4)cn3)cc12. The molecule has 3 aromatic rings. The van der Waals surface area contributed by atoms with Crippen LogP contribution in [0.25, 0.3) is 16.8 Å². The fourth-order valence-corrected chi connectivity index (χ4v) is 3.25. The van der Waals surface area contributed by atoms with E-state index in [-0.39, 0.29) is 0 Å². The maximum atomic E-state index is 4.64. The summed E-state index contributed by atoms with van der Waals surface area (Å²) >= 11 is 0. The van der Waals surface area contributed by atoms with Gasteiger partial charge >= 0.3 is 0 Å². The second-order valence-electron chi connectivity index (χ2n) is 6.20. The van der Waals surface area contributed by atoms with E-state index in [2.05, 4.69) is 55.0 Å². The highest BCUT2D eigenvalue weighted by atomic mass is 15.2. The Morgan fingerprint density at radius 3 is 2.67 bits per heavy atom. The highest BCUT2D eigenvalue weighted by Crippen LogP contribution is 2.23. The van der Waals surface area contributed by atoms with Gasteiger partial charge < -0.3 is 14.6 Å². The van der Waals surface area contributed by atoms with Crippen LogP contribution in [0.2, 0.25) is 0 Å². The van der Waals surface area contributed by atoms with Gasteiger partial charge in [-0.3, -0.25) is 9.97 Å². The summed E-state index contributed by atoms with van der Waals surface area (Å²) in [4.78, 5) is 16.2. The van der Waals surface area contributed by atoms with Crippen molar-refractivity contribution in [2.45, 2.75) is 20.3 Å². The minimum Gasteiger partial charge on any atom is -0.353 e. The first-order chi connectivity index (χ1) is 11.7. The Morgan fingerprint density at radius 2 is 1.96 bits per heavy atom. The summed E-state index contributed by atoms with van der Waals surface area (Å²) in [5.41, 5.74) is 5.27. The summed E-state index contributed by atoms with van der Waals surface area (Å²) in [7, 11) is 0. The highest BCUT2D eigenvalue weighted by Gasteiger charge is 2.13. The van der Waals surface area contributed by atoms with E-state index >= 15 is 0 Å². The van der Waals surface area contributed by atoms with Crippen LogP contribution < -0.4 is 10.2 Å². The third-order valence-corrected chi connectivity index (χ3v) is 4.49. The van der Waals surface area contributed by atoms with Gasteiger partial charge in [0.05, 0.1) is 35.0 Å². The van der Waals surface area contributed by atoms with Gasteiger partial charge in [-0.15, -0.1) is 0 Å². The molecule has 1 N–H and O–H groups in total. The Balaban J connectivity index is 1.67. The minimum atomic E-state index is 0.900. The summed E-state index contributed by atoms with van der Waals surface area (Å²) in [5, 5.41) is 3.35. The molecule has 4 heterocycles. The molecule has 6 heteroatoms. The predicted octanol–water partition coefficient (Wildman–Crippen LogP) is 2.07. The summed E-state index contributed by atoms with van der Waals surface area (Å²) in [6.45, 7) is 8.13. The molecule has 0 spiro atoms. The summed E-state index contributed by atoms with van der Waals surface area (Å²) in [6, 6.07) is 2.15. The van der Waals surface area contributed by atoms with E-state index in [0.29, 0.717) is 0 Å². The average molecular weight is 322 g/mol. The lowest BCUT2D eigenvalue weighted by atomic mass is 10.2. The van der Waals surface area contributed by atoms with Crippen molar-refractivity contribution in [3.8, 4) is 11.3 Å². The maximum Gasteiger partial charge on any atom is 0.147 e. The number of nitrogens with one attached hydrogen (secondary N) is 1. The van der Waals surface area contributed by atoms with Crippen molar-refractivity contribution >= 4 is 11.3 Å². The summed E-state index contributed by atoms with van der Waals surface area (Å²) in [6.07, 6.45) is 8.84. The molecule has 124 valence electrons. The van der Waals surface area contributed by atoms with Gasteiger partial charge in [-0.1, -0.05) is 6.92 Å². The molecule has 0 aliphatic carbocycles. The molecule has 6 nitrogen and oxygen atoms in total. The first-order valence-corrected chi connectivity index (χ1v) is 8.51. The van der Waals surface area contributed by atoms with Crippen molar-refractivity contribution < 1.29 is 0 Å². The molecule has 0 aromatic carbocycles. The molecule has 1 aliphatic heterocycles. The Bertz CT molecular complexity index is 846. The second kappa shape index (κ2) is 6.20. The van der Waals surface area contributed by atoms with Gasteiger partial charge in [-0.2, -0.15) is 0 Å². The molecule has 1 saturated heterocycles. The van der Waals surface area contributed by atoms with Gasteiger partial charge in [0.15, 0.2) is 0 Å². The lowest BCUT2D eigenvalue weighted by Gasteiger charge is -2.27. The van der Waals surface area contributed by atoms with Crippen molar-refractivity contribution in [2.24, 2.45) is 0 Å². The molecule has 0 atom stereocenters. The van der Waals surface area contributed by atoms with E-state index in [4.69, 9.17) is 0 Å². The Hall–Kier alpha value is -2.47.